The molecule has 0 N–H and O–H groups in total. The van der Waals surface area contributed by atoms with Crippen LogP contribution in [0.2, 0.25) is 0 Å². The van der Waals surface area contributed by atoms with Gasteiger partial charge in [0, 0.05) is 0 Å². The van der Waals surface area contributed by atoms with Crippen molar-refractivity contribution in [1.29, 1.82) is 0 Å². The van der Waals surface area contributed by atoms with Gasteiger partial charge in [0.2, 0.25) is 0 Å². The largest absolute Gasteiger partial charge is 0.348 e. The Labute approximate surface area is 104 Å². The highest BCUT2D eigenvalue weighted by Gasteiger charge is 2.34. The van der Waals surface area contributed by atoms with Gasteiger partial charge in [-0.2, -0.15) is 0 Å². The molecule has 2 rings (SSSR count). The second-order valence-electron chi connectivity index (χ2n) is 5.83. The summed E-state index contributed by atoms with van der Waals surface area (Å²) in [6, 6.07) is 0. The summed E-state index contributed by atoms with van der Waals surface area (Å²) in [5, 5.41) is 0. The van der Waals surface area contributed by atoms with Crippen LogP contribution in [-0.4, -0.2) is 37.0 Å². The average molecular weight is 244 g/mol. The summed E-state index contributed by atoms with van der Waals surface area (Å²) in [5.74, 6) is -0.806. The van der Waals surface area contributed by atoms with E-state index in [9.17, 15) is 0 Å². The van der Waals surface area contributed by atoms with E-state index in [4.69, 9.17) is 18.9 Å². The molecule has 0 aliphatic carbocycles. The molecule has 2 saturated heterocycles. The van der Waals surface area contributed by atoms with Crippen molar-refractivity contribution in [2.45, 2.75) is 70.7 Å². The first-order valence-corrected chi connectivity index (χ1v) is 6.50. The molecule has 17 heavy (non-hydrogen) atoms. The lowest BCUT2D eigenvalue weighted by Crippen LogP contribution is -2.22. The van der Waals surface area contributed by atoms with E-state index in [0.717, 1.165) is 19.3 Å². The lowest BCUT2D eigenvalue weighted by Gasteiger charge is -2.18. The predicted octanol–water partition coefficient (Wildman–Crippen LogP) is 2.46. The Bertz CT molecular complexity index is 236. The van der Waals surface area contributed by atoms with Crippen molar-refractivity contribution >= 4 is 0 Å². The Kier molecular flexibility index (Phi) is 3.78. The molecule has 0 spiro atoms. The molecule has 0 amide bonds. The minimum atomic E-state index is -0.403. The van der Waals surface area contributed by atoms with E-state index in [1.165, 1.54) is 0 Å². The van der Waals surface area contributed by atoms with Gasteiger partial charge in [-0.3, -0.25) is 0 Å². The molecule has 0 radical (unpaired) electrons. The van der Waals surface area contributed by atoms with E-state index < -0.39 is 11.6 Å². The maximum absolute atomic E-state index is 5.76. The first-order chi connectivity index (χ1) is 7.86. The van der Waals surface area contributed by atoms with Gasteiger partial charge in [0.1, 0.15) is 0 Å². The zero-order valence-electron chi connectivity index (χ0n) is 11.3. The topological polar surface area (TPSA) is 36.9 Å². The highest BCUT2D eigenvalue weighted by atomic mass is 16.7. The molecule has 0 bridgehead atoms. The van der Waals surface area contributed by atoms with E-state index in [0.29, 0.717) is 13.2 Å². The maximum Gasteiger partial charge on any atom is 0.163 e. The van der Waals surface area contributed by atoms with Crippen molar-refractivity contribution < 1.29 is 18.9 Å². The Hall–Kier alpha value is -0.160. The third-order valence-electron chi connectivity index (χ3n) is 3.19. The van der Waals surface area contributed by atoms with Crippen molar-refractivity contribution in [2.24, 2.45) is 0 Å². The second kappa shape index (κ2) is 4.84. The molecule has 2 aliphatic rings. The van der Waals surface area contributed by atoms with Crippen LogP contribution >= 0.6 is 0 Å². The normalized spacial score (nSPS) is 35.3. The Morgan fingerprint density at radius 2 is 1.24 bits per heavy atom. The quantitative estimate of drug-likeness (QED) is 0.761. The maximum atomic E-state index is 5.76. The smallest absolute Gasteiger partial charge is 0.163 e. The van der Waals surface area contributed by atoms with E-state index in [2.05, 4.69) is 0 Å². The number of hydrogen-bond donors (Lipinski definition) is 0. The van der Waals surface area contributed by atoms with E-state index in [1.807, 2.05) is 27.7 Å². The lowest BCUT2D eigenvalue weighted by molar-refractivity contribution is -0.141. The van der Waals surface area contributed by atoms with Gasteiger partial charge in [-0.05, 0) is 47.0 Å². The van der Waals surface area contributed by atoms with Crippen LogP contribution in [0.5, 0.6) is 0 Å². The van der Waals surface area contributed by atoms with E-state index in [1.54, 1.807) is 0 Å². The van der Waals surface area contributed by atoms with Gasteiger partial charge in [-0.1, -0.05) is 0 Å². The van der Waals surface area contributed by atoms with E-state index >= 15 is 0 Å². The molecule has 0 aromatic rings. The second-order valence-corrected chi connectivity index (χ2v) is 5.83. The Balaban J connectivity index is 1.61. The fraction of sp³-hybridized carbons (Fsp3) is 1.00. The predicted molar refractivity (Wildman–Crippen MR) is 63.7 cm³/mol. The summed E-state index contributed by atoms with van der Waals surface area (Å²) in [6.45, 7) is 9.26. The third kappa shape index (κ3) is 3.91. The van der Waals surface area contributed by atoms with Gasteiger partial charge in [0.25, 0.3) is 0 Å². The SMILES string of the molecule is CC1(C)OCC(CCCC2COC(C)(C)O2)O1. The minimum Gasteiger partial charge on any atom is -0.348 e. The molecule has 2 fully saturated rings. The van der Waals surface area contributed by atoms with Gasteiger partial charge in [-0.15, -0.1) is 0 Å². The van der Waals surface area contributed by atoms with Crippen LogP contribution in [0.4, 0.5) is 0 Å². The van der Waals surface area contributed by atoms with Crippen molar-refractivity contribution in [3.05, 3.63) is 0 Å². The van der Waals surface area contributed by atoms with Crippen LogP contribution in [0.3, 0.4) is 0 Å². The summed E-state index contributed by atoms with van der Waals surface area (Å²) in [7, 11) is 0. The van der Waals surface area contributed by atoms with Gasteiger partial charge >= 0.3 is 0 Å². The van der Waals surface area contributed by atoms with Gasteiger partial charge in [0.15, 0.2) is 11.6 Å². The zero-order valence-corrected chi connectivity index (χ0v) is 11.3. The average Bonchev–Trinajstić information content (AvgIpc) is 2.70. The Morgan fingerprint density at radius 1 is 0.824 bits per heavy atom. The lowest BCUT2D eigenvalue weighted by atomic mass is 10.1. The molecule has 0 aromatic carbocycles. The number of hydrogen-bond acceptors (Lipinski definition) is 4. The summed E-state index contributed by atoms with van der Waals surface area (Å²) in [5.41, 5.74) is 0. The molecule has 100 valence electrons. The van der Waals surface area contributed by atoms with Crippen molar-refractivity contribution in [3.8, 4) is 0 Å². The molecule has 4 heteroatoms. The van der Waals surface area contributed by atoms with Gasteiger partial charge in [-0.25, -0.2) is 0 Å². The summed E-state index contributed by atoms with van der Waals surface area (Å²) in [6.07, 6.45) is 3.63. The van der Waals surface area contributed by atoms with Crippen LogP contribution in [0.25, 0.3) is 0 Å². The third-order valence-corrected chi connectivity index (χ3v) is 3.19. The monoisotopic (exact) mass is 244 g/mol. The Morgan fingerprint density at radius 3 is 1.53 bits per heavy atom. The van der Waals surface area contributed by atoms with Crippen molar-refractivity contribution in [3.63, 3.8) is 0 Å². The highest BCUT2D eigenvalue weighted by molar-refractivity contribution is 4.74. The summed E-state index contributed by atoms with van der Waals surface area (Å²) < 4.78 is 22.6. The zero-order chi connectivity index (χ0) is 12.5. The molecule has 0 saturated carbocycles. The molecular weight excluding hydrogens is 220 g/mol. The molecule has 4 nitrogen and oxygen atoms in total. The fourth-order valence-electron chi connectivity index (χ4n) is 2.38. The fourth-order valence-corrected chi connectivity index (χ4v) is 2.38. The molecule has 2 aliphatic heterocycles. The minimum absolute atomic E-state index is 0.236. The molecule has 2 heterocycles. The summed E-state index contributed by atoms with van der Waals surface area (Å²) >= 11 is 0. The highest BCUT2D eigenvalue weighted by Crippen LogP contribution is 2.28. The van der Waals surface area contributed by atoms with Crippen LogP contribution in [0, 0.1) is 0 Å². The number of rotatable bonds is 4. The first-order valence-electron chi connectivity index (χ1n) is 6.50. The molecule has 2 unspecified atom stereocenters. The van der Waals surface area contributed by atoms with Crippen molar-refractivity contribution in [2.75, 3.05) is 13.2 Å². The van der Waals surface area contributed by atoms with Gasteiger partial charge in [0.05, 0.1) is 25.4 Å². The van der Waals surface area contributed by atoms with Crippen LogP contribution in [0.15, 0.2) is 0 Å². The molecule has 0 aromatic heterocycles. The van der Waals surface area contributed by atoms with E-state index in [-0.39, 0.29) is 12.2 Å². The van der Waals surface area contributed by atoms with Crippen molar-refractivity contribution in [1.82, 2.24) is 0 Å². The standard InChI is InChI=1S/C13H24O4/c1-12(2)14-8-10(16-12)6-5-7-11-9-15-13(3,4)17-11/h10-11H,5-9H2,1-4H3. The van der Waals surface area contributed by atoms with Crippen LogP contribution < -0.4 is 0 Å². The van der Waals surface area contributed by atoms with Crippen LogP contribution in [-0.2, 0) is 18.9 Å². The number of ether oxygens (including phenoxy) is 4. The first kappa shape index (κ1) is 13.3. The van der Waals surface area contributed by atoms with Crippen LogP contribution in [0.1, 0.15) is 47.0 Å². The van der Waals surface area contributed by atoms with Gasteiger partial charge < -0.3 is 18.9 Å². The summed E-state index contributed by atoms with van der Waals surface area (Å²) in [4.78, 5) is 0. The molecular formula is C13H24O4. The molecule has 2 atom stereocenters.